The second-order valence-corrected chi connectivity index (χ2v) is 7.55. The number of piperidine rings is 1. The number of aliphatic hydroxyl groups is 1. The third kappa shape index (κ3) is 3.75. The highest BCUT2D eigenvalue weighted by Crippen LogP contribution is 2.40. The van der Waals surface area contributed by atoms with Gasteiger partial charge in [-0.2, -0.15) is 0 Å². The Balaban J connectivity index is 1.70. The Morgan fingerprint density at radius 3 is 2.54 bits per heavy atom. The summed E-state index contributed by atoms with van der Waals surface area (Å²) in [5.74, 6) is -0.554. The number of rotatable bonds is 4. The number of carbonyl (C=O) groups is 2. The largest absolute Gasteiger partial charge is 0.388 e. The molecule has 0 aliphatic carbocycles. The van der Waals surface area contributed by atoms with Crippen molar-refractivity contribution in [1.82, 2.24) is 10.2 Å². The third-order valence-electron chi connectivity index (χ3n) is 5.63. The fourth-order valence-corrected chi connectivity index (χ4v) is 4.04. The molecular formula is C19H27N3O4. The van der Waals surface area contributed by atoms with Gasteiger partial charge in [0, 0.05) is 25.3 Å². The molecule has 142 valence electrons. The van der Waals surface area contributed by atoms with Crippen LogP contribution in [0.2, 0.25) is 0 Å². The summed E-state index contributed by atoms with van der Waals surface area (Å²) in [6, 6.07) is 8.99. The number of benzene rings is 1. The van der Waals surface area contributed by atoms with Gasteiger partial charge in [-0.1, -0.05) is 18.2 Å². The normalized spacial score (nSPS) is 28.6. The van der Waals surface area contributed by atoms with Crippen LogP contribution >= 0.6 is 0 Å². The van der Waals surface area contributed by atoms with Crippen LogP contribution in [0, 0.1) is 0 Å². The summed E-state index contributed by atoms with van der Waals surface area (Å²) in [5, 5.41) is 14.1. The maximum absolute atomic E-state index is 12.6. The molecule has 2 atom stereocenters. The van der Waals surface area contributed by atoms with Crippen LogP contribution in [0.15, 0.2) is 30.3 Å². The van der Waals surface area contributed by atoms with Crippen molar-refractivity contribution in [2.45, 2.75) is 43.4 Å². The van der Waals surface area contributed by atoms with E-state index in [1.165, 1.54) is 0 Å². The molecule has 7 heteroatoms. The monoisotopic (exact) mass is 361 g/mol. The molecule has 2 aliphatic heterocycles. The molecular weight excluding hydrogens is 334 g/mol. The van der Waals surface area contributed by atoms with Crippen LogP contribution in [-0.2, 0) is 9.53 Å². The van der Waals surface area contributed by atoms with Crippen LogP contribution in [0.4, 0.5) is 0 Å². The third-order valence-corrected chi connectivity index (χ3v) is 5.63. The topological polar surface area (TPSA) is 105 Å². The van der Waals surface area contributed by atoms with E-state index in [1.807, 2.05) is 30.0 Å². The number of likely N-dealkylation sites (tertiary alicyclic amines) is 1. The number of nitrogens with two attached hydrogens (primary N) is 1. The van der Waals surface area contributed by atoms with E-state index < -0.39 is 17.2 Å². The Morgan fingerprint density at radius 2 is 1.92 bits per heavy atom. The van der Waals surface area contributed by atoms with Gasteiger partial charge < -0.3 is 20.9 Å². The Hall–Kier alpha value is -1.96. The maximum atomic E-state index is 12.6. The highest BCUT2D eigenvalue weighted by molar-refractivity contribution is 5.94. The molecule has 0 aromatic heterocycles. The Morgan fingerprint density at radius 1 is 1.27 bits per heavy atom. The second kappa shape index (κ2) is 7.34. The molecule has 3 rings (SSSR count). The van der Waals surface area contributed by atoms with Crippen LogP contribution in [0.5, 0.6) is 0 Å². The van der Waals surface area contributed by atoms with E-state index in [0.29, 0.717) is 44.5 Å². The molecule has 1 unspecified atom stereocenters. The van der Waals surface area contributed by atoms with Gasteiger partial charge in [0.1, 0.15) is 6.10 Å². The first-order valence-electron chi connectivity index (χ1n) is 9.05. The van der Waals surface area contributed by atoms with Crippen LogP contribution in [0.3, 0.4) is 0 Å². The minimum atomic E-state index is -0.827. The minimum absolute atomic E-state index is 0.199. The first-order chi connectivity index (χ1) is 12.3. The van der Waals surface area contributed by atoms with Crippen molar-refractivity contribution in [2.75, 3.05) is 26.2 Å². The predicted octanol–water partition coefficient (Wildman–Crippen LogP) is 0.276. The molecule has 4 N–H and O–H groups in total. The lowest BCUT2D eigenvalue weighted by Gasteiger charge is -2.53. The number of hydrogen-bond donors (Lipinski definition) is 3. The van der Waals surface area contributed by atoms with Gasteiger partial charge in [-0.05, 0) is 38.3 Å². The molecule has 2 fully saturated rings. The van der Waals surface area contributed by atoms with E-state index in [-0.39, 0.29) is 18.4 Å². The molecule has 1 aromatic rings. The van der Waals surface area contributed by atoms with Crippen molar-refractivity contribution < 1.29 is 19.4 Å². The van der Waals surface area contributed by atoms with Gasteiger partial charge in [0.2, 0.25) is 5.91 Å². The van der Waals surface area contributed by atoms with Crippen LogP contribution < -0.4 is 11.1 Å². The van der Waals surface area contributed by atoms with E-state index in [0.717, 1.165) is 0 Å². The fraction of sp³-hybridized carbons (Fsp3) is 0.579. The molecule has 2 aliphatic rings. The van der Waals surface area contributed by atoms with Gasteiger partial charge in [-0.25, -0.2) is 0 Å². The Bertz CT molecular complexity index is 658. The van der Waals surface area contributed by atoms with Gasteiger partial charge in [-0.3, -0.25) is 14.5 Å². The molecule has 7 nitrogen and oxygen atoms in total. The highest BCUT2D eigenvalue weighted by atomic mass is 16.5. The zero-order valence-corrected chi connectivity index (χ0v) is 15.1. The van der Waals surface area contributed by atoms with E-state index in [4.69, 9.17) is 10.5 Å². The summed E-state index contributed by atoms with van der Waals surface area (Å²) in [6.07, 6.45) is 0.905. The van der Waals surface area contributed by atoms with Crippen LogP contribution in [-0.4, -0.2) is 65.3 Å². The summed E-state index contributed by atoms with van der Waals surface area (Å²) in [6.45, 7) is 3.82. The zero-order chi connectivity index (χ0) is 18.8. The number of hydrogen-bond acceptors (Lipinski definition) is 5. The van der Waals surface area contributed by atoms with Gasteiger partial charge in [0.25, 0.3) is 5.91 Å². The SMILES string of the molecule is C[C@@]1(NC(=O)c2ccccc2)CCOC2(CCN(CC(N)=O)CC2)C1O. The van der Waals surface area contributed by atoms with Crippen LogP contribution in [0.1, 0.15) is 36.5 Å². The number of aliphatic hydroxyl groups excluding tert-OH is 1. The molecule has 2 heterocycles. The summed E-state index contributed by atoms with van der Waals surface area (Å²) in [5.41, 5.74) is 4.36. The number of nitrogens with zero attached hydrogens (tertiary/aromatic N) is 1. The number of amides is 2. The maximum Gasteiger partial charge on any atom is 0.251 e. The van der Waals surface area contributed by atoms with Crippen molar-refractivity contribution in [3.8, 4) is 0 Å². The van der Waals surface area contributed by atoms with E-state index in [9.17, 15) is 14.7 Å². The van der Waals surface area contributed by atoms with E-state index >= 15 is 0 Å². The second-order valence-electron chi connectivity index (χ2n) is 7.55. The minimum Gasteiger partial charge on any atom is -0.388 e. The number of primary amides is 1. The quantitative estimate of drug-likeness (QED) is 0.714. The molecule has 0 radical (unpaired) electrons. The number of ether oxygens (including phenoxy) is 1. The number of carbonyl (C=O) groups excluding carboxylic acids is 2. The summed E-state index contributed by atoms with van der Waals surface area (Å²) in [7, 11) is 0. The van der Waals surface area contributed by atoms with E-state index in [2.05, 4.69) is 5.32 Å². The zero-order valence-electron chi connectivity index (χ0n) is 15.1. The summed E-state index contributed by atoms with van der Waals surface area (Å²) in [4.78, 5) is 25.7. The molecule has 0 bridgehead atoms. The van der Waals surface area contributed by atoms with Crippen LogP contribution in [0.25, 0.3) is 0 Å². The Labute approximate surface area is 153 Å². The van der Waals surface area contributed by atoms with Crippen molar-refractivity contribution in [1.29, 1.82) is 0 Å². The molecule has 0 saturated carbocycles. The van der Waals surface area contributed by atoms with Crippen molar-refractivity contribution in [2.24, 2.45) is 5.73 Å². The molecule has 1 aromatic carbocycles. The average Bonchev–Trinajstić information content (AvgIpc) is 2.62. The molecule has 26 heavy (non-hydrogen) atoms. The lowest BCUT2D eigenvalue weighted by Crippen LogP contribution is -2.69. The van der Waals surface area contributed by atoms with Crippen molar-refractivity contribution >= 4 is 11.8 Å². The van der Waals surface area contributed by atoms with Crippen molar-refractivity contribution in [3.63, 3.8) is 0 Å². The molecule has 2 saturated heterocycles. The van der Waals surface area contributed by atoms with Gasteiger partial charge in [0.05, 0.1) is 17.7 Å². The first-order valence-corrected chi connectivity index (χ1v) is 9.05. The molecule has 1 spiro atoms. The smallest absolute Gasteiger partial charge is 0.251 e. The van der Waals surface area contributed by atoms with Gasteiger partial charge in [0.15, 0.2) is 0 Å². The lowest BCUT2D eigenvalue weighted by atomic mass is 9.73. The standard InChI is InChI=1S/C19H27N3O4/c1-18(21-16(24)14-5-3-2-4-6-14)9-12-26-19(17(18)25)7-10-22(11-8-19)13-15(20)23/h2-6,17,25H,7-13H2,1H3,(H2,20,23)(H,21,24)/t17?,18-/m1/s1. The van der Waals surface area contributed by atoms with Crippen molar-refractivity contribution in [3.05, 3.63) is 35.9 Å². The molecule has 2 amide bonds. The Kier molecular flexibility index (Phi) is 5.32. The van der Waals surface area contributed by atoms with E-state index in [1.54, 1.807) is 12.1 Å². The van der Waals surface area contributed by atoms with Gasteiger partial charge >= 0.3 is 0 Å². The summed E-state index contributed by atoms with van der Waals surface area (Å²) < 4.78 is 6.01. The highest BCUT2D eigenvalue weighted by Gasteiger charge is 2.53. The lowest BCUT2D eigenvalue weighted by molar-refractivity contribution is -0.205. The number of nitrogens with one attached hydrogen (secondary N) is 1. The first kappa shape index (κ1) is 18.8. The average molecular weight is 361 g/mol. The predicted molar refractivity (Wildman–Crippen MR) is 96.5 cm³/mol. The van der Waals surface area contributed by atoms with Gasteiger partial charge in [-0.15, -0.1) is 0 Å². The fourth-order valence-electron chi connectivity index (χ4n) is 4.04. The summed E-state index contributed by atoms with van der Waals surface area (Å²) >= 11 is 0.